The first-order chi connectivity index (χ1) is 6.97. The second-order valence-corrected chi connectivity index (χ2v) is 9.52. The Morgan fingerprint density at radius 3 is 2.69 bits per heavy atom. The first-order valence-electron chi connectivity index (χ1n) is 4.95. The molecule has 0 heterocycles. The van der Waals surface area contributed by atoms with Gasteiger partial charge in [0.15, 0.2) is 0 Å². The van der Waals surface area contributed by atoms with E-state index in [0.29, 0.717) is 12.4 Å². The van der Waals surface area contributed by atoms with Crippen LogP contribution >= 0.6 is 0 Å². The molecule has 0 radical (unpaired) electrons. The number of ether oxygens (including phenoxy) is 1. The van der Waals surface area contributed by atoms with Crippen LogP contribution in [0.25, 0.3) is 0 Å². The smallest absolute Gasteiger partial charge is 0.515 e. The van der Waals surface area contributed by atoms with Gasteiger partial charge in [0.25, 0.3) is 0 Å². The summed E-state index contributed by atoms with van der Waals surface area (Å²) < 4.78 is 18.1. The average molecular weight is 230 g/mol. The number of rotatable bonds is 4. The van der Waals surface area contributed by atoms with E-state index < -0.39 is 8.07 Å². The molecule has 16 heavy (non-hydrogen) atoms. The summed E-state index contributed by atoms with van der Waals surface area (Å²) in [7, 11) is -1.15. The predicted molar refractivity (Wildman–Crippen MR) is 63.2 cm³/mol. The fourth-order valence-corrected chi connectivity index (χ4v) is 1.84. The molecule has 0 spiro atoms. The molecule has 0 bridgehead atoms. The van der Waals surface area contributed by atoms with Crippen LogP contribution in [0, 0.1) is 11.9 Å². The molecule has 1 nitrogen and oxygen atoms in total. The SMILES string of the molecule is C[Si](C)(C)/C=C/COc1[c-]ccc(F)c1.[Li+]. The summed E-state index contributed by atoms with van der Waals surface area (Å²) in [6.07, 6.45) is 1.99. The van der Waals surface area contributed by atoms with Crippen LogP contribution in [0.15, 0.2) is 30.0 Å². The van der Waals surface area contributed by atoms with Gasteiger partial charge in [-0.1, -0.05) is 37.5 Å². The fraction of sp³-hybridized carbons (Fsp3) is 0.333. The third-order valence-corrected chi connectivity index (χ3v) is 2.93. The van der Waals surface area contributed by atoms with Gasteiger partial charge in [-0.25, -0.2) is 4.39 Å². The molecule has 0 amide bonds. The maximum Gasteiger partial charge on any atom is 1.00 e. The van der Waals surface area contributed by atoms with Crippen molar-refractivity contribution >= 4 is 8.07 Å². The van der Waals surface area contributed by atoms with Gasteiger partial charge in [0.2, 0.25) is 0 Å². The van der Waals surface area contributed by atoms with Crippen molar-refractivity contribution in [2.24, 2.45) is 0 Å². The van der Waals surface area contributed by atoms with Crippen molar-refractivity contribution in [2.75, 3.05) is 6.61 Å². The number of halogens is 1. The molecular formula is C12H16FLiOSi. The molecule has 4 heteroatoms. The molecule has 0 fully saturated rings. The van der Waals surface area contributed by atoms with E-state index in [1.165, 1.54) is 18.2 Å². The summed E-state index contributed by atoms with van der Waals surface area (Å²) in [5, 5.41) is 0. The number of hydrogen-bond donors (Lipinski definition) is 0. The zero-order chi connectivity index (χ0) is 11.3. The van der Waals surface area contributed by atoms with Gasteiger partial charge in [0.05, 0.1) is 8.07 Å². The Kier molecular flexibility index (Phi) is 6.74. The molecule has 1 rings (SSSR count). The molecule has 0 aromatic heterocycles. The maximum absolute atomic E-state index is 12.8. The van der Waals surface area contributed by atoms with Gasteiger partial charge in [0, 0.05) is 11.6 Å². The second kappa shape index (κ2) is 6.95. The van der Waals surface area contributed by atoms with Crippen molar-refractivity contribution < 1.29 is 28.0 Å². The van der Waals surface area contributed by atoms with Crippen molar-refractivity contribution in [3.8, 4) is 5.75 Å². The molecule has 0 aliphatic rings. The second-order valence-electron chi connectivity index (χ2n) is 4.45. The first kappa shape index (κ1) is 15.5. The van der Waals surface area contributed by atoms with Gasteiger partial charge in [-0.15, -0.1) is 12.1 Å². The van der Waals surface area contributed by atoms with E-state index in [2.05, 4.69) is 31.4 Å². The quantitative estimate of drug-likeness (QED) is 0.539. The largest absolute Gasteiger partial charge is 1.00 e. The van der Waals surface area contributed by atoms with Crippen molar-refractivity contribution in [1.82, 2.24) is 0 Å². The molecule has 0 unspecified atom stereocenters. The van der Waals surface area contributed by atoms with Gasteiger partial charge in [-0.05, 0) is 0 Å². The van der Waals surface area contributed by atoms with E-state index in [-0.39, 0.29) is 24.7 Å². The molecule has 0 N–H and O–H groups in total. The maximum atomic E-state index is 12.8. The van der Waals surface area contributed by atoms with Gasteiger partial charge >= 0.3 is 18.9 Å². The topological polar surface area (TPSA) is 9.23 Å². The van der Waals surface area contributed by atoms with Gasteiger partial charge in [0.1, 0.15) is 6.61 Å². The molecule has 1 aromatic carbocycles. The monoisotopic (exact) mass is 230 g/mol. The van der Waals surface area contributed by atoms with Crippen LogP contribution in [-0.2, 0) is 0 Å². The van der Waals surface area contributed by atoms with Gasteiger partial charge < -0.3 is 4.74 Å². The minimum absolute atomic E-state index is 0. The zero-order valence-electron chi connectivity index (χ0n) is 10.4. The molecule has 0 saturated heterocycles. The predicted octanol–water partition coefficient (Wildman–Crippen LogP) is 0.442. The van der Waals surface area contributed by atoms with Crippen LogP contribution < -0.4 is 23.6 Å². The Hall–Kier alpha value is -0.496. The molecule has 0 atom stereocenters. The molecular weight excluding hydrogens is 214 g/mol. The van der Waals surface area contributed by atoms with Gasteiger partial charge in [-0.3, -0.25) is 0 Å². The van der Waals surface area contributed by atoms with E-state index in [0.717, 1.165) is 0 Å². The summed E-state index contributed by atoms with van der Waals surface area (Å²) in [5.41, 5.74) is 2.20. The zero-order valence-corrected chi connectivity index (χ0v) is 11.4. The third-order valence-electron chi connectivity index (χ3n) is 1.69. The van der Waals surface area contributed by atoms with Crippen molar-refractivity contribution in [2.45, 2.75) is 19.6 Å². The number of hydrogen-bond acceptors (Lipinski definition) is 1. The molecule has 0 aliphatic heterocycles. The first-order valence-corrected chi connectivity index (χ1v) is 8.53. The fourth-order valence-electron chi connectivity index (χ4n) is 1.04. The molecule has 0 aliphatic carbocycles. The minimum Gasteiger partial charge on any atom is -0.515 e. The normalized spacial score (nSPS) is 11.2. The van der Waals surface area contributed by atoms with Crippen LogP contribution in [-0.4, -0.2) is 14.7 Å². The Bertz CT molecular complexity index is 347. The van der Waals surface area contributed by atoms with Crippen LogP contribution in [0.1, 0.15) is 0 Å². The molecule has 82 valence electrons. The van der Waals surface area contributed by atoms with E-state index in [9.17, 15) is 4.39 Å². The summed E-state index contributed by atoms with van der Waals surface area (Å²) in [6.45, 7) is 7.22. The van der Waals surface area contributed by atoms with Crippen molar-refractivity contribution in [3.05, 3.63) is 41.9 Å². The Morgan fingerprint density at radius 1 is 1.44 bits per heavy atom. The Morgan fingerprint density at radius 2 is 2.12 bits per heavy atom. The third kappa shape index (κ3) is 6.89. The Balaban J connectivity index is 0.00000225. The molecule has 1 aromatic rings. The van der Waals surface area contributed by atoms with Crippen LogP contribution in [0.5, 0.6) is 5.75 Å². The van der Waals surface area contributed by atoms with Crippen molar-refractivity contribution in [1.29, 1.82) is 0 Å². The van der Waals surface area contributed by atoms with E-state index in [1.807, 2.05) is 6.08 Å². The van der Waals surface area contributed by atoms with Crippen LogP contribution in [0.4, 0.5) is 4.39 Å². The van der Waals surface area contributed by atoms with Gasteiger partial charge in [-0.2, -0.15) is 6.07 Å². The minimum atomic E-state index is -1.15. The Labute approximate surface area is 110 Å². The van der Waals surface area contributed by atoms with E-state index in [4.69, 9.17) is 4.74 Å². The summed E-state index contributed by atoms with van der Waals surface area (Å²) >= 11 is 0. The average Bonchev–Trinajstić information content (AvgIpc) is 2.11. The van der Waals surface area contributed by atoms with E-state index >= 15 is 0 Å². The number of benzene rings is 1. The standard InChI is InChI=1S/C12H16FOSi.Li/c1-15(2,3)9-5-8-14-12-7-4-6-11(13)10-12;/h4-6,9-10H,8H2,1-3H3;/q-1;+1/b9-5+;. The summed E-state index contributed by atoms with van der Waals surface area (Å²) in [4.78, 5) is 0. The summed E-state index contributed by atoms with van der Waals surface area (Å²) in [5.74, 6) is 0.160. The van der Waals surface area contributed by atoms with Crippen LogP contribution in [0.2, 0.25) is 19.6 Å². The van der Waals surface area contributed by atoms with Crippen molar-refractivity contribution in [3.63, 3.8) is 0 Å². The van der Waals surface area contributed by atoms with E-state index in [1.54, 1.807) is 0 Å². The van der Waals surface area contributed by atoms with Crippen LogP contribution in [0.3, 0.4) is 0 Å². The molecule has 0 saturated carbocycles. The summed E-state index contributed by atoms with van der Waals surface area (Å²) in [6, 6.07) is 7.03.